The van der Waals surface area contributed by atoms with Crippen LogP contribution in [0.25, 0.3) is 11.3 Å². The fourth-order valence-corrected chi connectivity index (χ4v) is 3.86. The van der Waals surface area contributed by atoms with E-state index in [-0.39, 0.29) is 11.9 Å². The second-order valence-electron chi connectivity index (χ2n) is 7.82. The van der Waals surface area contributed by atoms with E-state index in [1.54, 1.807) is 20.4 Å². The molecule has 1 aliphatic heterocycles. The minimum atomic E-state index is -0.188. The molecule has 1 amide bonds. The molecule has 0 radical (unpaired) electrons. The van der Waals surface area contributed by atoms with Gasteiger partial charge in [0.1, 0.15) is 0 Å². The SMILES string of the molecule is COc1ccc([C@@H](C)NC(=O)c2ccc(-c3ccnc(N4CCCC4)n3)cc2)cc1OC. The molecule has 1 fully saturated rings. The Labute approximate surface area is 188 Å². The van der Waals surface area contributed by atoms with Gasteiger partial charge in [0.15, 0.2) is 11.5 Å². The first-order valence-corrected chi connectivity index (χ1v) is 10.8. The fraction of sp³-hybridized carbons (Fsp3) is 0.320. The van der Waals surface area contributed by atoms with Crippen LogP contribution in [0.5, 0.6) is 11.5 Å². The highest BCUT2D eigenvalue weighted by atomic mass is 16.5. The number of carbonyl (C=O) groups excluding carboxylic acids is 1. The van der Waals surface area contributed by atoms with Crippen LogP contribution in [0.4, 0.5) is 5.95 Å². The van der Waals surface area contributed by atoms with Crippen LogP contribution in [0.3, 0.4) is 0 Å². The minimum absolute atomic E-state index is 0.140. The molecule has 1 saturated heterocycles. The van der Waals surface area contributed by atoms with Crippen LogP contribution in [0, 0.1) is 0 Å². The molecule has 166 valence electrons. The lowest BCUT2D eigenvalue weighted by molar-refractivity contribution is 0.0940. The third-order valence-corrected chi connectivity index (χ3v) is 5.73. The molecule has 1 aromatic heterocycles. The Morgan fingerprint density at radius 3 is 2.41 bits per heavy atom. The van der Waals surface area contributed by atoms with E-state index in [2.05, 4.69) is 15.2 Å². The quantitative estimate of drug-likeness (QED) is 0.601. The number of hydrogen-bond acceptors (Lipinski definition) is 6. The molecule has 0 aliphatic carbocycles. The van der Waals surface area contributed by atoms with Gasteiger partial charge in [-0.25, -0.2) is 9.97 Å². The van der Waals surface area contributed by atoms with Crippen molar-refractivity contribution in [3.05, 3.63) is 65.9 Å². The van der Waals surface area contributed by atoms with Crippen LogP contribution in [0.1, 0.15) is 41.7 Å². The van der Waals surface area contributed by atoms with Crippen molar-refractivity contribution >= 4 is 11.9 Å². The minimum Gasteiger partial charge on any atom is -0.493 e. The van der Waals surface area contributed by atoms with Crippen molar-refractivity contribution in [1.82, 2.24) is 15.3 Å². The highest BCUT2D eigenvalue weighted by molar-refractivity contribution is 5.94. The smallest absolute Gasteiger partial charge is 0.251 e. The second-order valence-corrected chi connectivity index (χ2v) is 7.82. The van der Waals surface area contributed by atoms with Crippen molar-refractivity contribution < 1.29 is 14.3 Å². The van der Waals surface area contributed by atoms with Gasteiger partial charge in [0, 0.05) is 30.4 Å². The molecule has 7 nitrogen and oxygen atoms in total. The molecule has 0 bridgehead atoms. The molecule has 0 unspecified atom stereocenters. The van der Waals surface area contributed by atoms with Crippen molar-refractivity contribution in [2.45, 2.75) is 25.8 Å². The van der Waals surface area contributed by atoms with E-state index in [9.17, 15) is 4.79 Å². The third-order valence-electron chi connectivity index (χ3n) is 5.73. The molecule has 0 saturated carbocycles. The van der Waals surface area contributed by atoms with Gasteiger partial charge in [-0.15, -0.1) is 0 Å². The molecule has 1 aliphatic rings. The Bertz CT molecular complexity index is 1080. The number of hydrogen-bond donors (Lipinski definition) is 1. The maximum Gasteiger partial charge on any atom is 0.251 e. The van der Waals surface area contributed by atoms with E-state index in [0.29, 0.717) is 17.1 Å². The van der Waals surface area contributed by atoms with Crippen molar-refractivity contribution in [3.8, 4) is 22.8 Å². The van der Waals surface area contributed by atoms with Crippen LogP contribution < -0.4 is 19.7 Å². The van der Waals surface area contributed by atoms with E-state index < -0.39 is 0 Å². The Kier molecular flexibility index (Phi) is 6.54. The lowest BCUT2D eigenvalue weighted by Crippen LogP contribution is -2.26. The van der Waals surface area contributed by atoms with Crippen molar-refractivity contribution in [1.29, 1.82) is 0 Å². The molecule has 4 rings (SSSR count). The van der Waals surface area contributed by atoms with E-state index >= 15 is 0 Å². The summed E-state index contributed by atoms with van der Waals surface area (Å²) in [7, 11) is 3.19. The number of methoxy groups -OCH3 is 2. The Balaban J connectivity index is 1.45. The number of amides is 1. The summed E-state index contributed by atoms with van der Waals surface area (Å²) in [6.45, 7) is 3.94. The van der Waals surface area contributed by atoms with Gasteiger partial charge >= 0.3 is 0 Å². The number of carbonyl (C=O) groups is 1. The molecule has 7 heteroatoms. The molecule has 0 spiro atoms. The number of nitrogens with zero attached hydrogens (tertiary/aromatic N) is 3. The third kappa shape index (κ3) is 4.66. The Morgan fingerprint density at radius 2 is 1.72 bits per heavy atom. The van der Waals surface area contributed by atoms with Gasteiger partial charge in [-0.05, 0) is 55.7 Å². The maximum atomic E-state index is 12.8. The zero-order chi connectivity index (χ0) is 22.5. The number of nitrogens with one attached hydrogen (secondary N) is 1. The first-order chi connectivity index (χ1) is 15.6. The topological polar surface area (TPSA) is 76.6 Å². The van der Waals surface area contributed by atoms with Gasteiger partial charge < -0.3 is 19.7 Å². The zero-order valence-electron chi connectivity index (χ0n) is 18.7. The summed E-state index contributed by atoms with van der Waals surface area (Å²) in [5, 5.41) is 3.04. The van der Waals surface area contributed by atoms with Gasteiger partial charge in [0.2, 0.25) is 5.95 Å². The van der Waals surface area contributed by atoms with Crippen molar-refractivity contribution in [3.63, 3.8) is 0 Å². The average molecular weight is 433 g/mol. The lowest BCUT2D eigenvalue weighted by atomic mass is 10.1. The second kappa shape index (κ2) is 9.68. The van der Waals surface area contributed by atoms with E-state index in [0.717, 1.165) is 35.9 Å². The van der Waals surface area contributed by atoms with Crippen LogP contribution in [0.2, 0.25) is 0 Å². The highest BCUT2D eigenvalue weighted by Crippen LogP contribution is 2.30. The van der Waals surface area contributed by atoms with Crippen LogP contribution in [-0.4, -0.2) is 43.2 Å². The number of anilines is 1. The molecule has 2 heterocycles. The van der Waals surface area contributed by atoms with E-state index in [4.69, 9.17) is 14.5 Å². The Hall–Kier alpha value is -3.61. The summed E-state index contributed by atoms with van der Waals surface area (Å²) in [5.41, 5.74) is 3.34. The molecular weight excluding hydrogens is 404 g/mol. The number of aromatic nitrogens is 2. The molecule has 1 N–H and O–H groups in total. The van der Waals surface area contributed by atoms with Gasteiger partial charge in [-0.2, -0.15) is 0 Å². The summed E-state index contributed by atoms with van der Waals surface area (Å²) < 4.78 is 10.6. The van der Waals surface area contributed by atoms with Gasteiger partial charge in [-0.3, -0.25) is 4.79 Å². The van der Waals surface area contributed by atoms with Gasteiger partial charge in [-0.1, -0.05) is 18.2 Å². The molecule has 3 aromatic rings. The monoisotopic (exact) mass is 432 g/mol. The number of ether oxygens (including phenoxy) is 2. The van der Waals surface area contributed by atoms with Crippen molar-refractivity contribution in [2.75, 3.05) is 32.2 Å². The number of benzene rings is 2. The lowest BCUT2D eigenvalue weighted by Gasteiger charge is -2.17. The molecular formula is C25H28N4O3. The predicted molar refractivity (Wildman–Crippen MR) is 124 cm³/mol. The summed E-state index contributed by atoms with van der Waals surface area (Å²) in [6.07, 6.45) is 4.15. The summed E-state index contributed by atoms with van der Waals surface area (Å²) in [6, 6.07) is 14.8. The zero-order valence-corrected chi connectivity index (χ0v) is 18.7. The maximum absolute atomic E-state index is 12.8. The predicted octanol–water partition coefficient (Wildman–Crippen LogP) is 4.25. The number of rotatable bonds is 7. The summed E-state index contributed by atoms with van der Waals surface area (Å²) >= 11 is 0. The van der Waals surface area contributed by atoms with Crippen LogP contribution in [-0.2, 0) is 0 Å². The first kappa shape index (κ1) is 21.6. The van der Waals surface area contributed by atoms with Gasteiger partial charge in [0.25, 0.3) is 5.91 Å². The molecule has 2 aromatic carbocycles. The largest absolute Gasteiger partial charge is 0.493 e. The normalized spacial score (nSPS) is 14.2. The fourth-order valence-electron chi connectivity index (χ4n) is 3.86. The van der Waals surface area contributed by atoms with E-state index in [1.165, 1.54) is 12.8 Å². The highest BCUT2D eigenvalue weighted by Gasteiger charge is 2.16. The van der Waals surface area contributed by atoms with Crippen LogP contribution in [0.15, 0.2) is 54.7 Å². The summed E-state index contributed by atoms with van der Waals surface area (Å²) in [4.78, 5) is 24.1. The Morgan fingerprint density at radius 1 is 1.00 bits per heavy atom. The molecule has 32 heavy (non-hydrogen) atoms. The van der Waals surface area contributed by atoms with Crippen molar-refractivity contribution in [2.24, 2.45) is 0 Å². The average Bonchev–Trinajstić information content (AvgIpc) is 3.39. The van der Waals surface area contributed by atoms with Gasteiger partial charge in [0.05, 0.1) is 26.0 Å². The van der Waals surface area contributed by atoms with Crippen LogP contribution >= 0.6 is 0 Å². The standard InChI is InChI=1S/C25H28N4O3/c1-17(20-10-11-22(31-2)23(16-20)32-3)27-24(30)19-8-6-18(7-9-19)21-12-13-26-25(28-21)29-14-4-5-15-29/h6-13,16-17H,4-5,14-15H2,1-3H3,(H,27,30)/t17-/m1/s1. The molecule has 1 atom stereocenters. The summed E-state index contributed by atoms with van der Waals surface area (Å²) in [5.74, 6) is 1.92. The first-order valence-electron chi connectivity index (χ1n) is 10.8. The van der Waals surface area contributed by atoms with E-state index in [1.807, 2.05) is 55.5 Å².